The molecule has 1 fully saturated rings. The summed E-state index contributed by atoms with van der Waals surface area (Å²) in [6, 6.07) is 5.57. The average molecular weight is 326 g/mol. The van der Waals surface area contributed by atoms with Crippen molar-refractivity contribution in [1.82, 2.24) is 4.98 Å². The summed E-state index contributed by atoms with van der Waals surface area (Å²) < 4.78 is 5.88. The summed E-state index contributed by atoms with van der Waals surface area (Å²) in [5, 5.41) is 9.26. The standard InChI is InChI=1S/C17H21NO3.K/c1-2-13(17(19)20)12-8-9-15-14(10-12)18-16(21-15)11-6-4-3-5-7-11;/h8-11,13H,2-7H2,1H3,(H,19,20);. The Morgan fingerprint density at radius 2 is 2.09 bits per heavy atom. The molecular formula is C17H21KNO3. The maximum Gasteiger partial charge on any atom is 0.310 e. The number of carboxylic acid groups (broad SMARTS) is 1. The van der Waals surface area contributed by atoms with Gasteiger partial charge in [0, 0.05) is 57.3 Å². The van der Waals surface area contributed by atoms with E-state index >= 15 is 0 Å². The summed E-state index contributed by atoms with van der Waals surface area (Å²) >= 11 is 0. The number of benzene rings is 1. The number of aromatic nitrogens is 1. The van der Waals surface area contributed by atoms with Crippen LogP contribution in [0.2, 0.25) is 0 Å². The van der Waals surface area contributed by atoms with Gasteiger partial charge in [0.2, 0.25) is 0 Å². The first-order chi connectivity index (χ1) is 10.2. The minimum absolute atomic E-state index is 0. The molecular weight excluding hydrogens is 305 g/mol. The second kappa shape index (κ2) is 8.06. The Balaban J connectivity index is 0.00000176. The van der Waals surface area contributed by atoms with Gasteiger partial charge in [-0.3, -0.25) is 4.79 Å². The van der Waals surface area contributed by atoms with Crippen molar-refractivity contribution in [1.29, 1.82) is 0 Å². The van der Waals surface area contributed by atoms with E-state index in [-0.39, 0.29) is 51.4 Å². The molecule has 4 nitrogen and oxygen atoms in total. The zero-order chi connectivity index (χ0) is 14.8. The van der Waals surface area contributed by atoms with Crippen molar-refractivity contribution in [3.8, 4) is 0 Å². The van der Waals surface area contributed by atoms with E-state index in [1.165, 1.54) is 19.3 Å². The molecule has 1 aliphatic rings. The van der Waals surface area contributed by atoms with Crippen molar-refractivity contribution in [2.24, 2.45) is 0 Å². The third-order valence-electron chi connectivity index (χ3n) is 4.49. The molecule has 0 saturated heterocycles. The molecule has 0 spiro atoms. The Kier molecular flexibility index (Phi) is 6.65. The first-order valence-electron chi connectivity index (χ1n) is 7.82. The van der Waals surface area contributed by atoms with Crippen LogP contribution in [0.4, 0.5) is 0 Å². The van der Waals surface area contributed by atoms with Gasteiger partial charge in [-0.25, -0.2) is 4.98 Å². The second-order valence-electron chi connectivity index (χ2n) is 5.91. The maximum atomic E-state index is 11.3. The molecule has 1 aliphatic carbocycles. The Morgan fingerprint density at radius 1 is 1.36 bits per heavy atom. The van der Waals surface area contributed by atoms with E-state index in [4.69, 9.17) is 4.42 Å². The first kappa shape index (κ1) is 18.1. The van der Waals surface area contributed by atoms with E-state index < -0.39 is 11.9 Å². The molecule has 113 valence electrons. The van der Waals surface area contributed by atoms with Gasteiger partial charge in [-0.05, 0) is 37.0 Å². The van der Waals surface area contributed by atoms with Crippen LogP contribution in [0.15, 0.2) is 22.6 Å². The number of hydrogen-bond donors (Lipinski definition) is 1. The quantitative estimate of drug-likeness (QED) is 0.860. The fourth-order valence-corrected chi connectivity index (χ4v) is 3.26. The van der Waals surface area contributed by atoms with E-state index in [1.807, 2.05) is 25.1 Å². The van der Waals surface area contributed by atoms with Crippen LogP contribution >= 0.6 is 0 Å². The number of carbonyl (C=O) groups is 1. The zero-order valence-electron chi connectivity index (χ0n) is 13.3. The molecule has 0 aliphatic heterocycles. The summed E-state index contributed by atoms with van der Waals surface area (Å²) in [5.74, 6) is -0.00153. The SMILES string of the molecule is CCC(C(=O)O)c1ccc2oc(C3CCCCC3)nc2c1.[K]. The smallest absolute Gasteiger partial charge is 0.310 e. The molecule has 1 atom stereocenters. The minimum Gasteiger partial charge on any atom is -0.481 e. The van der Waals surface area contributed by atoms with Gasteiger partial charge in [-0.15, -0.1) is 0 Å². The van der Waals surface area contributed by atoms with Crippen molar-refractivity contribution < 1.29 is 14.3 Å². The van der Waals surface area contributed by atoms with Crippen LogP contribution in [-0.2, 0) is 4.79 Å². The monoisotopic (exact) mass is 326 g/mol. The molecule has 1 saturated carbocycles. The number of oxazole rings is 1. The fourth-order valence-electron chi connectivity index (χ4n) is 3.26. The van der Waals surface area contributed by atoms with E-state index in [9.17, 15) is 9.90 Å². The third-order valence-corrected chi connectivity index (χ3v) is 4.49. The van der Waals surface area contributed by atoms with Crippen molar-refractivity contribution in [3.63, 3.8) is 0 Å². The summed E-state index contributed by atoms with van der Waals surface area (Å²) in [4.78, 5) is 15.9. The van der Waals surface area contributed by atoms with Gasteiger partial charge in [0.15, 0.2) is 11.5 Å². The third kappa shape index (κ3) is 3.82. The number of aliphatic carboxylic acids is 1. The molecule has 1 aromatic carbocycles. The Labute approximate surface area is 173 Å². The molecule has 22 heavy (non-hydrogen) atoms. The van der Waals surface area contributed by atoms with Gasteiger partial charge in [0.1, 0.15) is 5.52 Å². The largest absolute Gasteiger partial charge is 0.481 e. The van der Waals surface area contributed by atoms with Crippen LogP contribution in [0.25, 0.3) is 11.1 Å². The van der Waals surface area contributed by atoms with Crippen molar-refractivity contribution in [3.05, 3.63) is 29.7 Å². The van der Waals surface area contributed by atoms with Crippen molar-refractivity contribution in [2.45, 2.75) is 57.3 Å². The van der Waals surface area contributed by atoms with Crippen LogP contribution < -0.4 is 0 Å². The summed E-state index contributed by atoms with van der Waals surface area (Å²) in [5.41, 5.74) is 2.35. The van der Waals surface area contributed by atoms with Crippen LogP contribution in [0.3, 0.4) is 0 Å². The summed E-state index contributed by atoms with van der Waals surface area (Å²) in [6.45, 7) is 1.89. The molecule has 2 aromatic rings. The maximum absolute atomic E-state index is 11.3. The first-order valence-corrected chi connectivity index (χ1v) is 7.82. The van der Waals surface area contributed by atoms with E-state index in [0.717, 1.165) is 35.4 Å². The molecule has 1 N–H and O–H groups in total. The normalized spacial score (nSPS) is 17.1. The van der Waals surface area contributed by atoms with Gasteiger partial charge < -0.3 is 9.52 Å². The van der Waals surface area contributed by atoms with E-state index in [1.54, 1.807) is 0 Å². The van der Waals surface area contributed by atoms with Crippen LogP contribution in [0.1, 0.15) is 68.7 Å². The summed E-state index contributed by atoms with van der Waals surface area (Å²) in [7, 11) is 0. The molecule has 1 unspecified atom stereocenters. The van der Waals surface area contributed by atoms with Gasteiger partial charge in [-0.1, -0.05) is 32.3 Å². The van der Waals surface area contributed by atoms with Gasteiger partial charge in [0.05, 0.1) is 5.92 Å². The van der Waals surface area contributed by atoms with E-state index in [0.29, 0.717) is 12.3 Å². The zero-order valence-corrected chi connectivity index (χ0v) is 16.5. The Bertz CT molecular complexity index is 646. The fraction of sp³-hybridized carbons (Fsp3) is 0.529. The minimum atomic E-state index is -0.784. The molecule has 0 bridgehead atoms. The van der Waals surface area contributed by atoms with Gasteiger partial charge in [0.25, 0.3) is 0 Å². The van der Waals surface area contributed by atoms with Crippen molar-refractivity contribution in [2.75, 3.05) is 0 Å². The predicted octanol–water partition coefficient (Wildman–Crippen LogP) is 4.07. The Morgan fingerprint density at radius 3 is 2.73 bits per heavy atom. The number of nitrogens with zero attached hydrogens (tertiary/aromatic N) is 1. The van der Waals surface area contributed by atoms with Crippen LogP contribution in [-0.4, -0.2) is 67.4 Å². The average Bonchev–Trinajstić information content (AvgIpc) is 2.92. The number of rotatable bonds is 4. The second-order valence-corrected chi connectivity index (χ2v) is 5.91. The number of carboxylic acids is 1. The van der Waals surface area contributed by atoms with Gasteiger partial charge in [-0.2, -0.15) is 0 Å². The Hall–Kier alpha value is -0.204. The molecule has 1 aromatic heterocycles. The van der Waals surface area contributed by atoms with Crippen LogP contribution in [0.5, 0.6) is 0 Å². The molecule has 0 amide bonds. The molecule has 3 rings (SSSR count). The van der Waals surface area contributed by atoms with Gasteiger partial charge >= 0.3 is 5.97 Å². The van der Waals surface area contributed by atoms with Crippen molar-refractivity contribution >= 4 is 68.5 Å². The predicted molar refractivity (Wildman–Crippen MR) is 86.3 cm³/mol. The van der Waals surface area contributed by atoms with E-state index in [2.05, 4.69) is 4.98 Å². The molecule has 5 heteroatoms. The number of fused-ring (bicyclic) bond motifs is 1. The molecule has 1 radical (unpaired) electrons. The topological polar surface area (TPSA) is 63.3 Å². The summed E-state index contributed by atoms with van der Waals surface area (Å²) in [6.07, 6.45) is 6.65. The molecule has 1 heterocycles. The van der Waals surface area contributed by atoms with Crippen LogP contribution in [0, 0.1) is 0 Å². The number of hydrogen-bond acceptors (Lipinski definition) is 3.